The molecule has 96 valence electrons. The second kappa shape index (κ2) is 5.71. The van der Waals surface area contributed by atoms with Crippen molar-refractivity contribution in [1.82, 2.24) is 5.43 Å². The van der Waals surface area contributed by atoms with Crippen LogP contribution in [-0.4, -0.2) is 12.1 Å². The summed E-state index contributed by atoms with van der Waals surface area (Å²) >= 11 is 5.91. The molecule has 2 atom stereocenters. The van der Waals surface area contributed by atoms with Crippen LogP contribution in [0, 0.1) is 5.41 Å². The predicted molar refractivity (Wildman–Crippen MR) is 72.1 cm³/mol. The van der Waals surface area contributed by atoms with Crippen LogP contribution < -0.4 is 16.0 Å². The molecule has 0 aliphatic heterocycles. The maximum atomic E-state index is 5.91. The lowest BCUT2D eigenvalue weighted by Gasteiger charge is -2.34. The molecular formula is C13H21ClN2O. The highest BCUT2D eigenvalue weighted by molar-refractivity contribution is 6.30. The van der Waals surface area contributed by atoms with Crippen LogP contribution in [0.2, 0.25) is 5.02 Å². The van der Waals surface area contributed by atoms with Crippen molar-refractivity contribution in [3.63, 3.8) is 0 Å². The van der Waals surface area contributed by atoms with E-state index >= 15 is 0 Å². The average Bonchev–Trinajstić information content (AvgIpc) is 2.15. The molecule has 0 fully saturated rings. The molecule has 0 heterocycles. The fourth-order valence-electron chi connectivity index (χ4n) is 1.91. The molecule has 2 unspecified atom stereocenters. The summed E-state index contributed by atoms with van der Waals surface area (Å²) < 4.78 is 5.85. The summed E-state index contributed by atoms with van der Waals surface area (Å²) in [5, 5.41) is 0.669. The number of hydrogen-bond acceptors (Lipinski definition) is 3. The van der Waals surface area contributed by atoms with Gasteiger partial charge in [0.25, 0.3) is 0 Å². The van der Waals surface area contributed by atoms with Crippen LogP contribution in [-0.2, 0) is 0 Å². The minimum absolute atomic E-state index is 0.0206. The zero-order valence-corrected chi connectivity index (χ0v) is 11.6. The van der Waals surface area contributed by atoms with Crippen LogP contribution in [0.1, 0.15) is 27.7 Å². The first-order chi connectivity index (χ1) is 7.84. The minimum Gasteiger partial charge on any atom is -0.489 e. The Kier molecular flexibility index (Phi) is 4.80. The van der Waals surface area contributed by atoms with E-state index in [9.17, 15) is 0 Å². The molecule has 0 bridgehead atoms. The predicted octanol–water partition coefficient (Wildman–Crippen LogP) is 2.99. The maximum Gasteiger partial charge on any atom is 0.121 e. The average molecular weight is 257 g/mol. The van der Waals surface area contributed by atoms with Crippen molar-refractivity contribution in [3.8, 4) is 5.75 Å². The molecule has 0 spiro atoms. The van der Waals surface area contributed by atoms with Gasteiger partial charge < -0.3 is 4.74 Å². The van der Waals surface area contributed by atoms with Gasteiger partial charge in [0, 0.05) is 5.02 Å². The molecule has 1 rings (SSSR count). The second-order valence-electron chi connectivity index (χ2n) is 5.29. The first-order valence-corrected chi connectivity index (χ1v) is 6.10. The van der Waals surface area contributed by atoms with Crippen LogP contribution in [0.3, 0.4) is 0 Å². The molecular weight excluding hydrogens is 236 g/mol. The number of benzene rings is 1. The van der Waals surface area contributed by atoms with E-state index in [1.807, 2.05) is 25.1 Å². The third-order valence-corrected chi connectivity index (χ3v) is 2.94. The lowest BCUT2D eigenvalue weighted by Crippen LogP contribution is -2.52. The van der Waals surface area contributed by atoms with Crippen molar-refractivity contribution < 1.29 is 4.74 Å². The van der Waals surface area contributed by atoms with Crippen molar-refractivity contribution >= 4 is 11.6 Å². The van der Waals surface area contributed by atoms with Gasteiger partial charge in [-0.05, 0) is 30.5 Å². The van der Waals surface area contributed by atoms with Crippen LogP contribution in [0.5, 0.6) is 5.75 Å². The van der Waals surface area contributed by atoms with Gasteiger partial charge in [0.15, 0.2) is 0 Å². The lowest BCUT2D eigenvalue weighted by atomic mass is 9.84. The monoisotopic (exact) mass is 256 g/mol. The highest BCUT2D eigenvalue weighted by Gasteiger charge is 2.30. The molecule has 0 aromatic heterocycles. The SMILES string of the molecule is CC(Oc1cccc(Cl)c1)C(NN)C(C)(C)C. The van der Waals surface area contributed by atoms with E-state index in [-0.39, 0.29) is 17.6 Å². The smallest absolute Gasteiger partial charge is 0.121 e. The third kappa shape index (κ3) is 4.19. The summed E-state index contributed by atoms with van der Waals surface area (Å²) in [6.07, 6.45) is -0.0431. The summed E-state index contributed by atoms with van der Waals surface area (Å²) in [5.41, 5.74) is 2.84. The van der Waals surface area contributed by atoms with E-state index in [1.165, 1.54) is 0 Å². The van der Waals surface area contributed by atoms with Gasteiger partial charge in [0.1, 0.15) is 11.9 Å². The third-order valence-electron chi connectivity index (χ3n) is 2.70. The van der Waals surface area contributed by atoms with E-state index in [0.717, 1.165) is 5.75 Å². The van der Waals surface area contributed by atoms with Gasteiger partial charge in [-0.2, -0.15) is 0 Å². The van der Waals surface area contributed by atoms with Gasteiger partial charge in [-0.3, -0.25) is 11.3 Å². The van der Waals surface area contributed by atoms with Crippen molar-refractivity contribution in [2.45, 2.75) is 39.8 Å². The van der Waals surface area contributed by atoms with Gasteiger partial charge in [-0.1, -0.05) is 38.4 Å². The number of ether oxygens (including phenoxy) is 1. The molecule has 3 N–H and O–H groups in total. The molecule has 1 aromatic rings. The Balaban J connectivity index is 2.74. The molecule has 0 radical (unpaired) electrons. The van der Waals surface area contributed by atoms with Crippen molar-refractivity contribution in [1.29, 1.82) is 0 Å². The number of nitrogens with one attached hydrogen (secondary N) is 1. The summed E-state index contributed by atoms with van der Waals surface area (Å²) in [7, 11) is 0. The van der Waals surface area contributed by atoms with Crippen molar-refractivity contribution in [2.75, 3.05) is 0 Å². The van der Waals surface area contributed by atoms with Crippen LogP contribution in [0.4, 0.5) is 0 Å². The second-order valence-corrected chi connectivity index (χ2v) is 5.73. The Morgan fingerprint density at radius 3 is 2.47 bits per heavy atom. The van der Waals surface area contributed by atoms with Gasteiger partial charge in [0.2, 0.25) is 0 Å². The first kappa shape index (κ1) is 14.3. The molecule has 0 saturated carbocycles. The highest BCUT2D eigenvalue weighted by Crippen LogP contribution is 2.25. The standard InChI is InChI=1S/C13H21ClN2O/c1-9(12(16-15)13(2,3)4)17-11-7-5-6-10(14)8-11/h5-9,12,16H,15H2,1-4H3. The Morgan fingerprint density at radius 2 is 2.00 bits per heavy atom. The minimum atomic E-state index is -0.0431. The lowest BCUT2D eigenvalue weighted by molar-refractivity contribution is 0.104. The largest absolute Gasteiger partial charge is 0.489 e. The summed E-state index contributed by atoms with van der Waals surface area (Å²) in [5.74, 6) is 6.35. The van der Waals surface area contributed by atoms with E-state index in [2.05, 4.69) is 26.2 Å². The van der Waals surface area contributed by atoms with Crippen molar-refractivity contribution in [2.24, 2.45) is 11.3 Å². The van der Waals surface area contributed by atoms with Gasteiger partial charge in [-0.15, -0.1) is 0 Å². The normalized spacial score (nSPS) is 15.4. The summed E-state index contributed by atoms with van der Waals surface area (Å²) in [6.45, 7) is 8.36. The zero-order chi connectivity index (χ0) is 13.1. The molecule has 3 nitrogen and oxygen atoms in total. The molecule has 1 aromatic carbocycles. The number of hydrogen-bond donors (Lipinski definition) is 2. The van der Waals surface area contributed by atoms with Crippen molar-refractivity contribution in [3.05, 3.63) is 29.3 Å². The van der Waals surface area contributed by atoms with Gasteiger partial charge in [0.05, 0.1) is 6.04 Å². The van der Waals surface area contributed by atoms with E-state index in [1.54, 1.807) is 6.07 Å². The zero-order valence-electron chi connectivity index (χ0n) is 10.8. The quantitative estimate of drug-likeness (QED) is 0.643. The highest BCUT2D eigenvalue weighted by atomic mass is 35.5. The Labute approximate surface area is 108 Å². The van der Waals surface area contributed by atoms with Gasteiger partial charge >= 0.3 is 0 Å². The van der Waals surface area contributed by atoms with Crippen LogP contribution in [0.25, 0.3) is 0 Å². The number of rotatable bonds is 4. The number of hydrazine groups is 1. The fourth-order valence-corrected chi connectivity index (χ4v) is 2.09. The molecule has 0 amide bonds. The molecule has 0 aliphatic carbocycles. The van der Waals surface area contributed by atoms with E-state index in [4.69, 9.17) is 22.2 Å². The topological polar surface area (TPSA) is 47.3 Å². The van der Waals surface area contributed by atoms with Crippen LogP contribution >= 0.6 is 11.6 Å². The maximum absolute atomic E-state index is 5.91. The number of nitrogens with two attached hydrogens (primary N) is 1. The summed E-state index contributed by atoms with van der Waals surface area (Å²) in [6, 6.07) is 7.43. The molecule has 4 heteroatoms. The number of halogens is 1. The van der Waals surface area contributed by atoms with Gasteiger partial charge in [-0.25, -0.2) is 0 Å². The Bertz CT molecular complexity index is 363. The Hall–Kier alpha value is -0.770. The fraction of sp³-hybridized carbons (Fsp3) is 0.538. The first-order valence-electron chi connectivity index (χ1n) is 5.73. The van der Waals surface area contributed by atoms with E-state index in [0.29, 0.717) is 5.02 Å². The summed E-state index contributed by atoms with van der Waals surface area (Å²) in [4.78, 5) is 0. The van der Waals surface area contributed by atoms with Crippen LogP contribution in [0.15, 0.2) is 24.3 Å². The Morgan fingerprint density at radius 1 is 1.35 bits per heavy atom. The molecule has 0 aliphatic rings. The molecule has 0 saturated heterocycles. The molecule has 17 heavy (non-hydrogen) atoms. The van der Waals surface area contributed by atoms with E-state index < -0.39 is 0 Å².